The van der Waals surface area contributed by atoms with Gasteiger partial charge in [0.2, 0.25) is 11.7 Å². The lowest BCUT2D eigenvalue weighted by Gasteiger charge is -2.06. The SMILES string of the molecule is Nc1nc(COC(=O)CCc2nc(-c3ccco3)no2)nc2ccccc12. The molecule has 136 valence electrons. The minimum Gasteiger partial charge on any atom is -0.461 e. The van der Waals surface area contributed by atoms with Gasteiger partial charge in [-0.25, -0.2) is 9.97 Å². The van der Waals surface area contributed by atoms with E-state index < -0.39 is 5.97 Å². The van der Waals surface area contributed by atoms with Crippen LogP contribution in [0.3, 0.4) is 0 Å². The van der Waals surface area contributed by atoms with Gasteiger partial charge in [-0.15, -0.1) is 0 Å². The molecule has 0 bridgehead atoms. The summed E-state index contributed by atoms with van der Waals surface area (Å²) >= 11 is 0. The fourth-order valence-corrected chi connectivity index (χ4v) is 2.50. The fourth-order valence-electron chi connectivity index (χ4n) is 2.50. The van der Waals surface area contributed by atoms with Crippen molar-refractivity contribution in [3.63, 3.8) is 0 Å². The van der Waals surface area contributed by atoms with Crippen LogP contribution in [-0.2, 0) is 22.6 Å². The lowest BCUT2D eigenvalue weighted by atomic mass is 10.2. The largest absolute Gasteiger partial charge is 0.461 e. The van der Waals surface area contributed by atoms with Gasteiger partial charge >= 0.3 is 5.97 Å². The highest BCUT2D eigenvalue weighted by atomic mass is 16.5. The molecule has 2 N–H and O–H groups in total. The lowest BCUT2D eigenvalue weighted by Crippen LogP contribution is -2.09. The molecule has 0 fully saturated rings. The monoisotopic (exact) mass is 365 g/mol. The van der Waals surface area contributed by atoms with E-state index in [-0.39, 0.29) is 19.4 Å². The summed E-state index contributed by atoms with van der Waals surface area (Å²) < 4.78 is 15.5. The number of anilines is 1. The summed E-state index contributed by atoms with van der Waals surface area (Å²) in [6, 6.07) is 10.8. The minimum absolute atomic E-state index is 0.0602. The third kappa shape index (κ3) is 3.76. The van der Waals surface area contributed by atoms with Crippen LogP contribution in [-0.4, -0.2) is 26.1 Å². The van der Waals surface area contributed by atoms with Crippen LogP contribution in [0, 0.1) is 0 Å². The Balaban J connectivity index is 1.32. The van der Waals surface area contributed by atoms with Crippen molar-refractivity contribution in [3.05, 3.63) is 54.4 Å². The summed E-state index contributed by atoms with van der Waals surface area (Å²) in [7, 11) is 0. The highest BCUT2D eigenvalue weighted by Crippen LogP contribution is 2.18. The number of furan rings is 1. The van der Waals surface area contributed by atoms with Crippen LogP contribution in [0.15, 0.2) is 51.6 Å². The number of carbonyl (C=O) groups excluding carboxylic acids is 1. The number of benzene rings is 1. The number of para-hydroxylation sites is 1. The highest BCUT2D eigenvalue weighted by molar-refractivity contribution is 5.87. The molecular weight excluding hydrogens is 350 g/mol. The molecule has 0 aliphatic heterocycles. The summed E-state index contributed by atoms with van der Waals surface area (Å²) in [5.41, 5.74) is 6.61. The second kappa shape index (κ2) is 7.24. The Bertz CT molecular complexity index is 1070. The van der Waals surface area contributed by atoms with Crippen molar-refractivity contribution in [2.75, 3.05) is 5.73 Å². The Labute approximate surface area is 153 Å². The number of nitrogen functional groups attached to an aromatic ring is 1. The van der Waals surface area contributed by atoms with Crippen molar-refractivity contribution in [2.24, 2.45) is 0 Å². The molecule has 0 aliphatic rings. The van der Waals surface area contributed by atoms with E-state index in [1.165, 1.54) is 6.26 Å². The van der Waals surface area contributed by atoms with E-state index in [0.717, 1.165) is 5.39 Å². The number of nitrogens with zero attached hydrogens (tertiary/aromatic N) is 4. The molecule has 4 rings (SSSR count). The first-order chi connectivity index (χ1) is 13.2. The summed E-state index contributed by atoms with van der Waals surface area (Å²) in [6.07, 6.45) is 1.86. The van der Waals surface area contributed by atoms with Crippen LogP contribution >= 0.6 is 0 Å². The van der Waals surface area contributed by atoms with Gasteiger partial charge in [-0.05, 0) is 24.3 Å². The van der Waals surface area contributed by atoms with Crippen molar-refractivity contribution in [1.29, 1.82) is 0 Å². The van der Waals surface area contributed by atoms with Crippen LogP contribution < -0.4 is 5.73 Å². The third-order valence-corrected chi connectivity index (χ3v) is 3.79. The quantitative estimate of drug-likeness (QED) is 0.512. The zero-order chi connectivity index (χ0) is 18.6. The predicted octanol–water partition coefficient (Wildman–Crippen LogP) is 2.53. The number of aromatic nitrogens is 4. The van der Waals surface area contributed by atoms with Crippen LogP contribution in [0.4, 0.5) is 5.82 Å². The average molecular weight is 365 g/mol. The number of hydrogen-bond acceptors (Lipinski definition) is 9. The Hall–Kier alpha value is -3.75. The van der Waals surface area contributed by atoms with Gasteiger partial charge in [-0.1, -0.05) is 17.3 Å². The molecule has 3 heterocycles. The van der Waals surface area contributed by atoms with E-state index >= 15 is 0 Å². The van der Waals surface area contributed by atoms with E-state index in [9.17, 15) is 4.79 Å². The molecule has 0 radical (unpaired) electrons. The summed E-state index contributed by atoms with van der Waals surface area (Å²) in [5, 5.41) is 4.56. The van der Waals surface area contributed by atoms with Crippen molar-refractivity contribution in [1.82, 2.24) is 20.1 Å². The smallest absolute Gasteiger partial charge is 0.306 e. The molecule has 9 nitrogen and oxygen atoms in total. The van der Waals surface area contributed by atoms with Crippen molar-refractivity contribution in [2.45, 2.75) is 19.4 Å². The van der Waals surface area contributed by atoms with Gasteiger partial charge in [-0.3, -0.25) is 4.79 Å². The molecule has 27 heavy (non-hydrogen) atoms. The molecule has 4 aromatic rings. The number of fused-ring (bicyclic) bond motifs is 1. The molecule has 0 spiro atoms. The van der Waals surface area contributed by atoms with E-state index in [4.69, 9.17) is 19.4 Å². The molecule has 1 aromatic carbocycles. The van der Waals surface area contributed by atoms with E-state index in [1.807, 2.05) is 24.3 Å². The molecule has 0 unspecified atom stereocenters. The van der Waals surface area contributed by atoms with Crippen molar-refractivity contribution < 1.29 is 18.5 Å². The zero-order valence-electron chi connectivity index (χ0n) is 14.2. The number of ether oxygens (including phenoxy) is 1. The molecule has 9 heteroatoms. The minimum atomic E-state index is -0.428. The zero-order valence-corrected chi connectivity index (χ0v) is 14.2. The first-order valence-electron chi connectivity index (χ1n) is 8.22. The predicted molar refractivity (Wildman–Crippen MR) is 94.1 cm³/mol. The van der Waals surface area contributed by atoms with E-state index in [1.54, 1.807) is 12.1 Å². The summed E-state index contributed by atoms with van der Waals surface area (Å²) in [6.45, 7) is -0.0602. The number of esters is 1. The van der Waals surface area contributed by atoms with Crippen LogP contribution in [0.2, 0.25) is 0 Å². The molecule has 0 amide bonds. The Morgan fingerprint density at radius 1 is 1.11 bits per heavy atom. The maximum Gasteiger partial charge on any atom is 0.306 e. The highest BCUT2D eigenvalue weighted by Gasteiger charge is 2.13. The second-order valence-corrected chi connectivity index (χ2v) is 5.69. The van der Waals surface area contributed by atoms with Crippen molar-refractivity contribution in [3.8, 4) is 11.6 Å². The van der Waals surface area contributed by atoms with E-state index in [2.05, 4.69) is 20.1 Å². The van der Waals surface area contributed by atoms with Gasteiger partial charge in [-0.2, -0.15) is 4.98 Å². The van der Waals surface area contributed by atoms with Gasteiger partial charge in [0.25, 0.3) is 0 Å². The van der Waals surface area contributed by atoms with Crippen LogP contribution in [0.1, 0.15) is 18.1 Å². The number of hydrogen-bond donors (Lipinski definition) is 1. The van der Waals surface area contributed by atoms with Crippen molar-refractivity contribution >= 4 is 22.7 Å². The van der Waals surface area contributed by atoms with Gasteiger partial charge in [0.05, 0.1) is 18.2 Å². The topological polar surface area (TPSA) is 130 Å². The van der Waals surface area contributed by atoms with Gasteiger partial charge < -0.3 is 19.4 Å². The molecular formula is C18H15N5O4. The summed E-state index contributed by atoms with van der Waals surface area (Å²) in [4.78, 5) is 24.6. The van der Waals surface area contributed by atoms with E-state index in [0.29, 0.717) is 34.6 Å². The Morgan fingerprint density at radius 2 is 2.00 bits per heavy atom. The van der Waals surface area contributed by atoms with Gasteiger partial charge in [0, 0.05) is 11.8 Å². The fraction of sp³-hybridized carbons (Fsp3) is 0.167. The molecule has 0 saturated heterocycles. The van der Waals surface area contributed by atoms with Gasteiger partial charge in [0.15, 0.2) is 18.2 Å². The Morgan fingerprint density at radius 3 is 2.85 bits per heavy atom. The molecule has 3 aromatic heterocycles. The number of nitrogens with two attached hydrogens (primary N) is 1. The third-order valence-electron chi connectivity index (χ3n) is 3.79. The molecule has 0 aliphatic carbocycles. The van der Waals surface area contributed by atoms with Crippen LogP contribution in [0.5, 0.6) is 0 Å². The summed E-state index contributed by atoms with van der Waals surface area (Å²) in [5.74, 6) is 1.43. The lowest BCUT2D eigenvalue weighted by molar-refractivity contribution is -0.145. The molecule has 0 atom stereocenters. The average Bonchev–Trinajstić information content (AvgIpc) is 3.36. The maximum absolute atomic E-state index is 12.0. The first-order valence-corrected chi connectivity index (χ1v) is 8.22. The number of aryl methyl sites for hydroxylation is 1. The maximum atomic E-state index is 12.0. The molecule has 0 saturated carbocycles. The Kier molecular flexibility index (Phi) is 4.48. The standard InChI is InChI=1S/C18H15N5O4/c19-17-11-4-1-2-5-12(11)20-14(21-17)10-26-16(24)8-7-15-22-18(23-27-15)13-6-3-9-25-13/h1-6,9H,7-8,10H2,(H2,19,20,21). The van der Waals surface area contributed by atoms with Gasteiger partial charge in [0.1, 0.15) is 5.82 Å². The normalized spacial score (nSPS) is 11.0. The van der Waals surface area contributed by atoms with Crippen LogP contribution in [0.25, 0.3) is 22.5 Å². The number of rotatable bonds is 6. The second-order valence-electron chi connectivity index (χ2n) is 5.69. The first kappa shape index (κ1) is 16.7. The number of carbonyl (C=O) groups is 1.